The molecule has 5 aromatic rings. The summed E-state index contributed by atoms with van der Waals surface area (Å²) in [7, 11) is 4.14. The van der Waals surface area contributed by atoms with Crippen molar-refractivity contribution >= 4 is 27.6 Å². The van der Waals surface area contributed by atoms with E-state index >= 15 is 0 Å². The van der Waals surface area contributed by atoms with Gasteiger partial charge in [0.1, 0.15) is 11.3 Å². The Bertz CT molecular complexity index is 1460. The normalized spacial score (nSPS) is 14.5. The van der Waals surface area contributed by atoms with Crippen molar-refractivity contribution in [2.45, 2.75) is 25.8 Å². The first-order valence-corrected chi connectivity index (χ1v) is 12.0. The smallest absolute Gasteiger partial charge is 0.139 e. The molecule has 0 amide bonds. The van der Waals surface area contributed by atoms with Crippen molar-refractivity contribution in [1.82, 2.24) is 30.0 Å². The average molecular weight is 452 g/mol. The third-order valence-electron chi connectivity index (χ3n) is 6.65. The molecular weight excluding hydrogens is 422 g/mol. The number of fused-ring (bicyclic) bond motifs is 2. The molecule has 7 nitrogen and oxygen atoms in total. The van der Waals surface area contributed by atoms with Crippen LogP contribution in [0, 0.1) is 0 Å². The van der Waals surface area contributed by atoms with E-state index in [1.165, 1.54) is 30.5 Å². The Hall–Kier alpha value is -3.71. The SMILES string of the molecule is CN(C)Cc1cncc(-c2ccc3[nH]nc(-c4cc5c(N6CCCCC6)ccnc5[nH]4)c3c2)c1. The minimum absolute atomic E-state index is 0.863. The molecular formula is C27H29N7. The maximum Gasteiger partial charge on any atom is 0.139 e. The zero-order chi connectivity index (χ0) is 23.1. The highest BCUT2D eigenvalue weighted by Gasteiger charge is 2.18. The van der Waals surface area contributed by atoms with E-state index in [9.17, 15) is 0 Å². The van der Waals surface area contributed by atoms with Gasteiger partial charge in [0.15, 0.2) is 0 Å². The maximum atomic E-state index is 4.67. The first-order valence-electron chi connectivity index (χ1n) is 12.0. The Labute approximate surface area is 198 Å². The van der Waals surface area contributed by atoms with Gasteiger partial charge in [-0.15, -0.1) is 0 Å². The van der Waals surface area contributed by atoms with Crippen LogP contribution in [0.3, 0.4) is 0 Å². The Balaban J connectivity index is 1.41. The molecule has 2 N–H and O–H groups in total. The number of rotatable bonds is 5. The summed E-state index contributed by atoms with van der Waals surface area (Å²) in [6, 6.07) is 13.0. The maximum absolute atomic E-state index is 4.67. The topological polar surface area (TPSA) is 76.7 Å². The molecule has 0 bridgehead atoms. The number of aromatic amines is 2. The van der Waals surface area contributed by atoms with E-state index in [2.05, 4.69) is 85.4 Å². The molecule has 0 atom stereocenters. The van der Waals surface area contributed by atoms with Gasteiger partial charge >= 0.3 is 0 Å². The molecule has 7 heteroatoms. The van der Waals surface area contributed by atoms with E-state index in [0.29, 0.717) is 0 Å². The minimum Gasteiger partial charge on any atom is -0.371 e. The van der Waals surface area contributed by atoms with Crippen LogP contribution in [-0.2, 0) is 6.54 Å². The number of piperidine rings is 1. The molecule has 1 aromatic carbocycles. The van der Waals surface area contributed by atoms with Crippen molar-refractivity contribution in [3.05, 3.63) is 60.6 Å². The lowest BCUT2D eigenvalue weighted by Gasteiger charge is -2.29. The van der Waals surface area contributed by atoms with Gasteiger partial charge in [0.05, 0.1) is 11.2 Å². The predicted octanol–water partition coefficient (Wildman–Crippen LogP) is 5.22. The van der Waals surface area contributed by atoms with Gasteiger partial charge in [0.2, 0.25) is 0 Å². The van der Waals surface area contributed by atoms with Gasteiger partial charge in [-0.3, -0.25) is 10.1 Å². The number of hydrogen-bond acceptors (Lipinski definition) is 5. The molecule has 1 saturated heterocycles. The van der Waals surface area contributed by atoms with E-state index in [4.69, 9.17) is 0 Å². The lowest BCUT2D eigenvalue weighted by Crippen LogP contribution is -2.29. The molecule has 34 heavy (non-hydrogen) atoms. The number of nitrogens with zero attached hydrogens (tertiary/aromatic N) is 5. The van der Waals surface area contributed by atoms with Crippen molar-refractivity contribution in [2.75, 3.05) is 32.1 Å². The Morgan fingerprint density at radius 1 is 0.941 bits per heavy atom. The van der Waals surface area contributed by atoms with Gasteiger partial charge in [0, 0.05) is 60.2 Å². The molecule has 4 aromatic heterocycles. The largest absolute Gasteiger partial charge is 0.371 e. The van der Waals surface area contributed by atoms with E-state index in [1.807, 2.05) is 18.6 Å². The second-order valence-electron chi connectivity index (χ2n) is 9.48. The van der Waals surface area contributed by atoms with Crippen LogP contribution in [0.25, 0.3) is 44.5 Å². The van der Waals surface area contributed by atoms with Crippen LogP contribution in [0.2, 0.25) is 0 Å². The summed E-state index contributed by atoms with van der Waals surface area (Å²) >= 11 is 0. The second-order valence-corrected chi connectivity index (χ2v) is 9.48. The third-order valence-corrected chi connectivity index (χ3v) is 6.65. The molecule has 0 spiro atoms. The first kappa shape index (κ1) is 20.9. The van der Waals surface area contributed by atoms with Crippen molar-refractivity contribution < 1.29 is 0 Å². The van der Waals surface area contributed by atoms with Gasteiger partial charge in [-0.2, -0.15) is 5.10 Å². The average Bonchev–Trinajstić information content (AvgIpc) is 3.48. The summed E-state index contributed by atoms with van der Waals surface area (Å²) in [6.45, 7) is 3.08. The number of pyridine rings is 2. The zero-order valence-corrected chi connectivity index (χ0v) is 19.7. The molecule has 1 fully saturated rings. The highest BCUT2D eigenvalue weighted by Crippen LogP contribution is 2.34. The monoisotopic (exact) mass is 451 g/mol. The number of benzene rings is 1. The van der Waals surface area contributed by atoms with Gasteiger partial charge in [-0.05, 0) is 74.8 Å². The number of hydrogen-bond donors (Lipinski definition) is 2. The van der Waals surface area contributed by atoms with Crippen molar-refractivity contribution in [3.63, 3.8) is 0 Å². The first-order chi connectivity index (χ1) is 16.7. The van der Waals surface area contributed by atoms with Crippen LogP contribution >= 0.6 is 0 Å². The van der Waals surface area contributed by atoms with Crippen LogP contribution in [0.1, 0.15) is 24.8 Å². The molecule has 0 unspecified atom stereocenters. The third kappa shape index (κ3) is 3.82. The quantitative estimate of drug-likeness (QED) is 0.383. The number of nitrogens with one attached hydrogen (secondary N) is 2. The van der Waals surface area contributed by atoms with Gasteiger partial charge < -0.3 is 14.8 Å². The van der Waals surface area contributed by atoms with Gasteiger partial charge in [0.25, 0.3) is 0 Å². The van der Waals surface area contributed by atoms with Gasteiger partial charge in [-0.25, -0.2) is 4.98 Å². The summed E-state index contributed by atoms with van der Waals surface area (Å²) in [5.41, 5.74) is 8.51. The van der Waals surface area contributed by atoms with E-state index in [1.54, 1.807) is 0 Å². The summed E-state index contributed by atoms with van der Waals surface area (Å²) in [4.78, 5) is 17.2. The summed E-state index contributed by atoms with van der Waals surface area (Å²) in [5.74, 6) is 0. The Kier molecular flexibility index (Phi) is 5.26. The fourth-order valence-corrected chi connectivity index (χ4v) is 5.05. The predicted molar refractivity (Wildman–Crippen MR) is 138 cm³/mol. The molecule has 172 valence electrons. The lowest BCUT2D eigenvalue weighted by molar-refractivity contribution is 0.402. The standard InChI is InChI=1S/C27H29N7/c1-33(2)17-18-12-20(16-28-15-18)19-6-7-23-21(13-19)26(32-31-23)24-14-22-25(8-9-29-27(22)30-24)34-10-4-3-5-11-34/h6-9,12-16H,3-5,10-11,17H2,1-2H3,(H,29,30)(H,31,32). The van der Waals surface area contributed by atoms with Crippen molar-refractivity contribution in [2.24, 2.45) is 0 Å². The van der Waals surface area contributed by atoms with Crippen molar-refractivity contribution in [3.8, 4) is 22.5 Å². The summed E-state index contributed by atoms with van der Waals surface area (Å²) in [6.07, 6.45) is 9.58. The number of aromatic nitrogens is 5. The fourth-order valence-electron chi connectivity index (χ4n) is 5.05. The van der Waals surface area contributed by atoms with Crippen LogP contribution in [0.15, 0.2) is 55.0 Å². The van der Waals surface area contributed by atoms with E-state index in [0.717, 1.165) is 64.1 Å². The van der Waals surface area contributed by atoms with Crippen LogP contribution in [0.4, 0.5) is 5.69 Å². The van der Waals surface area contributed by atoms with E-state index in [-0.39, 0.29) is 0 Å². The molecule has 0 saturated carbocycles. The van der Waals surface area contributed by atoms with Crippen LogP contribution < -0.4 is 4.90 Å². The Morgan fingerprint density at radius 3 is 2.68 bits per heavy atom. The molecule has 5 heterocycles. The summed E-state index contributed by atoms with van der Waals surface area (Å²) < 4.78 is 0. The highest BCUT2D eigenvalue weighted by molar-refractivity contribution is 5.99. The van der Waals surface area contributed by atoms with Gasteiger partial charge in [-0.1, -0.05) is 6.07 Å². The fraction of sp³-hybridized carbons (Fsp3) is 0.296. The summed E-state index contributed by atoms with van der Waals surface area (Å²) in [5, 5.41) is 10.1. The number of anilines is 1. The Morgan fingerprint density at radius 2 is 1.82 bits per heavy atom. The molecule has 0 aliphatic carbocycles. The number of H-pyrrole nitrogens is 2. The van der Waals surface area contributed by atoms with Crippen molar-refractivity contribution in [1.29, 1.82) is 0 Å². The second kappa shape index (κ2) is 8.57. The lowest BCUT2D eigenvalue weighted by atomic mass is 10.0. The molecule has 1 aliphatic rings. The zero-order valence-electron chi connectivity index (χ0n) is 19.7. The molecule has 1 aliphatic heterocycles. The van der Waals surface area contributed by atoms with E-state index < -0.39 is 0 Å². The molecule has 6 rings (SSSR count). The van der Waals surface area contributed by atoms with Crippen LogP contribution in [-0.4, -0.2) is 57.2 Å². The minimum atomic E-state index is 0.863. The van der Waals surface area contributed by atoms with Crippen LogP contribution in [0.5, 0.6) is 0 Å². The highest BCUT2D eigenvalue weighted by atomic mass is 15.1. The molecule has 0 radical (unpaired) electrons.